The molecule has 2 saturated carbocycles. The van der Waals surface area contributed by atoms with Crippen LogP contribution < -0.4 is 5.32 Å². The fraction of sp³-hybridized carbons (Fsp3) is 0.484. The molecule has 2 N–H and O–H groups in total. The van der Waals surface area contributed by atoms with Crippen molar-refractivity contribution >= 4 is 17.9 Å². The van der Waals surface area contributed by atoms with E-state index in [-0.39, 0.29) is 11.2 Å². The van der Waals surface area contributed by atoms with Crippen LogP contribution in [0, 0.1) is 47.2 Å². The van der Waals surface area contributed by atoms with Crippen molar-refractivity contribution in [3.8, 4) is 11.3 Å². The Morgan fingerprint density at radius 2 is 1.86 bits per heavy atom. The van der Waals surface area contributed by atoms with Gasteiger partial charge in [0.15, 0.2) is 0 Å². The molecule has 35 heavy (non-hydrogen) atoms. The van der Waals surface area contributed by atoms with E-state index in [0.29, 0.717) is 5.69 Å². The zero-order valence-electron chi connectivity index (χ0n) is 21.9. The summed E-state index contributed by atoms with van der Waals surface area (Å²) in [6, 6.07) is 9.15. The molecule has 0 radical (unpaired) electrons. The average molecular weight is 474 g/mol. The number of aryl methyl sites for hydroxylation is 1. The van der Waals surface area contributed by atoms with E-state index >= 15 is 0 Å². The normalized spacial score (nSPS) is 24.7. The van der Waals surface area contributed by atoms with E-state index in [9.17, 15) is 4.39 Å². The van der Waals surface area contributed by atoms with Crippen LogP contribution in [-0.2, 0) is 0 Å². The van der Waals surface area contributed by atoms with Crippen LogP contribution in [0.3, 0.4) is 0 Å². The Kier molecular flexibility index (Phi) is 7.59. The van der Waals surface area contributed by atoms with Crippen molar-refractivity contribution in [3.05, 3.63) is 65.2 Å². The predicted octanol–water partition coefficient (Wildman–Crippen LogP) is 7.91. The minimum atomic E-state index is -0.308. The van der Waals surface area contributed by atoms with Gasteiger partial charge in [-0.25, -0.2) is 9.37 Å². The molecule has 2 aliphatic carbocycles. The van der Waals surface area contributed by atoms with E-state index in [4.69, 9.17) is 10.4 Å². The molecule has 4 rings (SSSR count). The molecular weight excluding hydrogens is 433 g/mol. The largest absolute Gasteiger partial charge is 0.393 e. The number of benzene rings is 1. The van der Waals surface area contributed by atoms with E-state index in [0.717, 1.165) is 51.6 Å². The Balaban J connectivity index is 1.53. The Morgan fingerprint density at radius 1 is 1.14 bits per heavy atom. The second-order valence-electron chi connectivity index (χ2n) is 11.4. The first-order valence-electron chi connectivity index (χ1n) is 13.1. The summed E-state index contributed by atoms with van der Waals surface area (Å²) >= 11 is 0. The predicted molar refractivity (Wildman–Crippen MR) is 146 cm³/mol. The van der Waals surface area contributed by atoms with Crippen LogP contribution in [0.2, 0.25) is 0 Å². The molecule has 3 nitrogen and oxygen atoms in total. The first kappa shape index (κ1) is 25.3. The van der Waals surface area contributed by atoms with E-state index in [1.807, 2.05) is 31.2 Å². The van der Waals surface area contributed by atoms with E-state index < -0.39 is 0 Å². The molecule has 2 aliphatic rings. The Morgan fingerprint density at radius 3 is 2.54 bits per heavy atom. The lowest BCUT2D eigenvalue weighted by atomic mass is 9.77. The SMILES string of the molecule is CN/C=C(\C=N)c1ccc(-c2nc(/C=C\C(C)(C)CC3CCC4C(C)CCC34)c(C)cc2F)cc1. The van der Waals surface area contributed by atoms with Gasteiger partial charge in [-0.1, -0.05) is 57.5 Å². The summed E-state index contributed by atoms with van der Waals surface area (Å²) in [5.74, 6) is 3.27. The minimum Gasteiger partial charge on any atom is -0.393 e. The first-order valence-corrected chi connectivity index (χ1v) is 13.1. The van der Waals surface area contributed by atoms with Gasteiger partial charge in [0.1, 0.15) is 11.5 Å². The van der Waals surface area contributed by atoms with Crippen molar-refractivity contribution in [2.75, 3.05) is 7.05 Å². The maximum absolute atomic E-state index is 14.9. The van der Waals surface area contributed by atoms with E-state index in [1.54, 1.807) is 19.3 Å². The molecule has 186 valence electrons. The second kappa shape index (κ2) is 10.5. The molecule has 1 aromatic carbocycles. The van der Waals surface area contributed by atoms with Gasteiger partial charge >= 0.3 is 0 Å². The Labute approximate surface area is 210 Å². The molecule has 1 heterocycles. The molecule has 0 aliphatic heterocycles. The molecule has 1 aromatic heterocycles. The topological polar surface area (TPSA) is 48.8 Å². The third kappa shape index (κ3) is 5.58. The average Bonchev–Trinajstić information content (AvgIpc) is 3.40. The molecule has 0 amide bonds. The van der Waals surface area contributed by atoms with Crippen LogP contribution >= 0.6 is 0 Å². The van der Waals surface area contributed by atoms with Crippen molar-refractivity contribution < 1.29 is 4.39 Å². The third-order valence-corrected chi connectivity index (χ3v) is 8.35. The monoisotopic (exact) mass is 473 g/mol. The van der Waals surface area contributed by atoms with Gasteiger partial charge in [-0.2, -0.15) is 0 Å². The number of hydrogen-bond donors (Lipinski definition) is 2. The lowest BCUT2D eigenvalue weighted by molar-refractivity contribution is 0.254. The highest BCUT2D eigenvalue weighted by Gasteiger charge is 2.43. The zero-order valence-corrected chi connectivity index (χ0v) is 21.9. The maximum Gasteiger partial charge on any atom is 0.149 e. The fourth-order valence-corrected chi connectivity index (χ4v) is 6.46. The molecule has 2 aromatic rings. The molecule has 0 saturated heterocycles. The van der Waals surface area contributed by atoms with E-state index in [1.165, 1.54) is 38.3 Å². The van der Waals surface area contributed by atoms with Gasteiger partial charge in [-0.3, -0.25) is 0 Å². The summed E-state index contributed by atoms with van der Waals surface area (Å²) in [4.78, 5) is 4.74. The van der Waals surface area contributed by atoms with Crippen molar-refractivity contribution in [1.82, 2.24) is 10.3 Å². The molecule has 4 unspecified atom stereocenters. The smallest absolute Gasteiger partial charge is 0.149 e. The van der Waals surface area contributed by atoms with Crippen LogP contribution in [0.5, 0.6) is 0 Å². The highest BCUT2D eigenvalue weighted by Crippen LogP contribution is 2.53. The molecule has 0 spiro atoms. The first-order chi connectivity index (χ1) is 16.7. The Hall–Kier alpha value is -2.75. The number of hydrogen-bond acceptors (Lipinski definition) is 3. The number of fused-ring (bicyclic) bond motifs is 1. The zero-order chi connectivity index (χ0) is 25.2. The molecule has 2 fully saturated rings. The van der Waals surface area contributed by atoms with Crippen LogP contribution in [0.15, 0.2) is 42.6 Å². The lowest BCUT2D eigenvalue weighted by Crippen LogP contribution is -2.19. The van der Waals surface area contributed by atoms with Gasteiger partial charge in [0, 0.05) is 30.6 Å². The third-order valence-electron chi connectivity index (χ3n) is 8.35. The quantitative estimate of drug-likeness (QED) is 0.383. The van der Waals surface area contributed by atoms with Crippen molar-refractivity contribution in [1.29, 1.82) is 5.41 Å². The number of rotatable bonds is 8. The van der Waals surface area contributed by atoms with Crippen molar-refractivity contribution in [2.24, 2.45) is 29.1 Å². The molecule has 4 heteroatoms. The molecular formula is C31H40FN3. The summed E-state index contributed by atoms with van der Waals surface area (Å²) in [5.41, 5.74) is 4.53. The van der Waals surface area contributed by atoms with Gasteiger partial charge in [-0.05, 0) is 85.0 Å². The van der Waals surface area contributed by atoms with Crippen molar-refractivity contribution in [2.45, 2.75) is 59.8 Å². The van der Waals surface area contributed by atoms with E-state index in [2.05, 4.69) is 38.2 Å². The number of halogens is 1. The molecule has 4 atom stereocenters. The maximum atomic E-state index is 14.9. The summed E-state index contributed by atoms with van der Waals surface area (Å²) in [7, 11) is 1.81. The number of nitrogens with one attached hydrogen (secondary N) is 2. The number of nitrogens with zero attached hydrogens (tertiary/aromatic N) is 1. The van der Waals surface area contributed by atoms with Crippen LogP contribution in [0.4, 0.5) is 4.39 Å². The highest BCUT2D eigenvalue weighted by molar-refractivity contribution is 6.08. The summed E-state index contributed by atoms with van der Waals surface area (Å²) in [6.45, 7) is 9.02. The standard InChI is InChI=1S/C31H40FN3/c1-20-6-12-27-24(11-13-26(20)27)17-31(3,4)15-14-29-21(2)16-28(32)30(35-29)23-9-7-22(8-10-23)25(18-33)19-34-5/h7-10,14-16,18-20,24,26-27,33-34H,6,11-13,17H2,1-5H3/b15-14-,25-19+,33-18?. The fourth-order valence-electron chi connectivity index (χ4n) is 6.46. The number of allylic oxidation sites excluding steroid dienone is 2. The minimum absolute atomic E-state index is 0.0819. The summed E-state index contributed by atoms with van der Waals surface area (Å²) < 4.78 is 14.9. The summed E-state index contributed by atoms with van der Waals surface area (Å²) in [6.07, 6.45) is 14.3. The summed E-state index contributed by atoms with van der Waals surface area (Å²) in [5, 5.41) is 10.6. The van der Waals surface area contributed by atoms with Gasteiger partial charge in [0.05, 0.1) is 5.69 Å². The lowest BCUT2D eigenvalue weighted by Gasteiger charge is -2.28. The van der Waals surface area contributed by atoms with Crippen LogP contribution in [-0.4, -0.2) is 18.2 Å². The Bertz CT molecular complexity index is 1110. The van der Waals surface area contributed by atoms with Gasteiger partial charge in [0.2, 0.25) is 0 Å². The van der Waals surface area contributed by atoms with Crippen LogP contribution in [0.25, 0.3) is 22.9 Å². The number of aromatic nitrogens is 1. The van der Waals surface area contributed by atoms with Gasteiger partial charge < -0.3 is 10.7 Å². The van der Waals surface area contributed by atoms with Crippen LogP contribution in [0.1, 0.15) is 69.7 Å². The van der Waals surface area contributed by atoms with Crippen molar-refractivity contribution in [3.63, 3.8) is 0 Å². The second-order valence-corrected chi connectivity index (χ2v) is 11.4. The number of pyridine rings is 1. The van der Waals surface area contributed by atoms with Gasteiger partial charge in [-0.15, -0.1) is 0 Å². The highest BCUT2D eigenvalue weighted by atomic mass is 19.1. The van der Waals surface area contributed by atoms with Gasteiger partial charge in [0.25, 0.3) is 0 Å². The molecule has 0 bridgehead atoms.